The molecule has 0 atom stereocenters. The molecule has 4 rings (SSSR count). The third-order valence-corrected chi connectivity index (χ3v) is 6.20. The molecule has 0 aliphatic heterocycles. The second-order valence-corrected chi connectivity index (χ2v) is 8.63. The molecule has 0 bridgehead atoms. The van der Waals surface area contributed by atoms with Crippen molar-refractivity contribution in [3.05, 3.63) is 96.1 Å². The number of benzene rings is 2. The Morgan fingerprint density at radius 3 is 2.35 bits per heavy atom. The first-order valence-corrected chi connectivity index (χ1v) is 10.9. The third-order valence-electron chi connectivity index (χ3n) is 4.52. The molecule has 0 radical (unpaired) electrons. The van der Waals surface area contributed by atoms with Crippen LogP contribution >= 0.6 is 0 Å². The van der Waals surface area contributed by atoms with Gasteiger partial charge in [0, 0.05) is 10.9 Å². The number of rotatable bonds is 5. The minimum atomic E-state index is -3.67. The van der Waals surface area contributed by atoms with Crippen LogP contribution in [0.3, 0.4) is 0 Å². The van der Waals surface area contributed by atoms with Crippen molar-refractivity contribution in [2.24, 2.45) is 0 Å². The van der Waals surface area contributed by atoms with E-state index in [4.69, 9.17) is 4.42 Å². The molecule has 0 saturated heterocycles. The highest BCUT2D eigenvalue weighted by Crippen LogP contribution is 2.20. The smallest absolute Gasteiger partial charge is 0.305 e. The summed E-state index contributed by atoms with van der Waals surface area (Å²) in [7, 11) is -3.67. The van der Waals surface area contributed by atoms with Gasteiger partial charge in [-0.15, -0.1) is 0 Å². The van der Waals surface area contributed by atoms with Crippen LogP contribution in [-0.4, -0.2) is 25.2 Å². The van der Waals surface area contributed by atoms with Crippen molar-refractivity contribution in [2.45, 2.75) is 10.6 Å². The maximum absolute atomic E-state index is 12.6. The molecule has 2 amide bonds. The molecule has 2 N–H and O–H groups in total. The Hall–Kier alpha value is -3.98. The molecule has 0 aliphatic rings. The number of carbonyl (C=O) groups excluding carboxylic acids is 2. The molecule has 4 aromatic rings. The Morgan fingerprint density at radius 1 is 0.839 bits per heavy atom. The van der Waals surface area contributed by atoms with Crippen LogP contribution in [0.2, 0.25) is 0 Å². The van der Waals surface area contributed by atoms with Crippen LogP contribution in [0.5, 0.6) is 0 Å². The Balaban J connectivity index is 1.45. The fourth-order valence-corrected chi connectivity index (χ4v) is 4.37. The molecule has 9 heteroatoms. The van der Waals surface area contributed by atoms with Crippen molar-refractivity contribution in [3.63, 3.8) is 0 Å². The Morgan fingerprint density at radius 2 is 1.55 bits per heavy atom. The highest BCUT2D eigenvalue weighted by Gasteiger charge is 2.23. The number of carbonyl (C=O) groups is 2. The molecule has 8 nitrogen and oxygen atoms in total. The number of nitrogens with one attached hydrogen (secondary N) is 2. The molecule has 2 aromatic heterocycles. The van der Waals surface area contributed by atoms with Gasteiger partial charge in [-0.1, -0.05) is 42.5 Å². The van der Waals surface area contributed by atoms with Gasteiger partial charge in [-0.3, -0.25) is 20.4 Å². The first kappa shape index (κ1) is 20.3. The van der Waals surface area contributed by atoms with Gasteiger partial charge in [0.15, 0.2) is 15.6 Å². The molecule has 0 spiro atoms. The largest absolute Gasteiger partial charge is 0.459 e. The standard InChI is InChI=1S/C22H17N3O5S/c26-21(19-11-10-15-6-4-5-9-18(15)23-19)24-25-22(27)20-16(12-13-30-20)14-31(28,29)17-7-2-1-3-8-17/h1-13H,14H2,(H,24,26)(H,25,27). The topological polar surface area (TPSA) is 118 Å². The zero-order chi connectivity index (χ0) is 21.8. The summed E-state index contributed by atoms with van der Waals surface area (Å²) in [6, 6.07) is 19.9. The minimum Gasteiger partial charge on any atom is -0.459 e. The van der Waals surface area contributed by atoms with Gasteiger partial charge in [0.1, 0.15) is 5.69 Å². The number of fused-ring (bicyclic) bond motifs is 1. The first-order chi connectivity index (χ1) is 14.9. The van der Waals surface area contributed by atoms with Gasteiger partial charge in [-0.25, -0.2) is 13.4 Å². The molecular formula is C22H17N3O5S. The van der Waals surface area contributed by atoms with E-state index in [1.807, 2.05) is 12.1 Å². The predicted molar refractivity (Wildman–Crippen MR) is 113 cm³/mol. The average Bonchev–Trinajstić information content (AvgIpc) is 3.25. The van der Waals surface area contributed by atoms with E-state index in [-0.39, 0.29) is 21.9 Å². The Bertz CT molecular complexity index is 1360. The Labute approximate surface area is 177 Å². The summed E-state index contributed by atoms with van der Waals surface area (Å²) >= 11 is 0. The van der Waals surface area contributed by atoms with Gasteiger partial charge in [0.05, 0.1) is 22.4 Å². The SMILES string of the molecule is O=C(NNC(=O)c1occc1CS(=O)(=O)c1ccccc1)c1ccc2ccccc2n1. The van der Waals surface area contributed by atoms with Gasteiger partial charge < -0.3 is 4.42 Å². The monoisotopic (exact) mass is 435 g/mol. The van der Waals surface area contributed by atoms with Crippen LogP contribution in [0, 0.1) is 0 Å². The van der Waals surface area contributed by atoms with Gasteiger partial charge in [0.25, 0.3) is 5.91 Å². The van der Waals surface area contributed by atoms with E-state index in [2.05, 4.69) is 15.8 Å². The summed E-state index contributed by atoms with van der Waals surface area (Å²) in [5, 5.41) is 0.878. The van der Waals surface area contributed by atoms with Gasteiger partial charge in [-0.2, -0.15) is 0 Å². The molecule has 2 aromatic carbocycles. The van der Waals surface area contributed by atoms with Gasteiger partial charge in [-0.05, 0) is 30.3 Å². The molecule has 0 aliphatic carbocycles. The van der Waals surface area contributed by atoms with E-state index >= 15 is 0 Å². The number of sulfone groups is 1. The van der Waals surface area contributed by atoms with Crippen molar-refractivity contribution >= 4 is 32.6 Å². The second kappa shape index (κ2) is 8.41. The summed E-state index contributed by atoms with van der Waals surface area (Å²) in [6.45, 7) is 0. The number of hydrogen-bond acceptors (Lipinski definition) is 6. The number of furan rings is 1. The molecule has 0 saturated carbocycles. The summed E-state index contributed by atoms with van der Waals surface area (Å²) in [5.41, 5.74) is 5.43. The summed E-state index contributed by atoms with van der Waals surface area (Å²) in [5.74, 6) is -2.02. The highest BCUT2D eigenvalue weighted by molar-refractivity contribution is 7.90. The molecule has 156 valence electrons. The van der Waals surface area contributed by atoms with E-state index in [9.17, 15) is 18.0 Å². The van der Waals surface area contributed by atoms with Crippen LogP contribution in [-0.2, 0) is 15.6 Å². The van der Waals surface area contributed by atoms with Crippen molar-refractivity contribution < 1.29 is 22.4 Å². The fourth-order valence-electron chi connectivity index (χ4n) is 2.99. The Kier molecular flexibility index (Phi) is 5.50. The molecule has 31 heavy (non-hydrogen) atoms. The molecule has 0 fully saturated rings. The van der Waals surface area contributed by atoms with Gasteiger partial charge in [0.2, 0.25) is 0 Å². The van der Waals surface area contributed by atoms with Crippen LogP contribution < -0.4 is 10.9 Å². The van der Waals surface area contributed by atoms with Crippen molar-refractivity contribution in [1.29, 1.82) is 0 Å². The van der Waals surface area contributed by atoms with E-state index in [0.29, 0.717) is 5.52 Å². The number of amides is 2. The predicted octanol–water partition coefficient (Wildman–Crippen LogP) is 2.88. The lowest BCUT2D eigenvalue weighted by Gasteiger charge is -2.08. The lowest BCUT2D eigenvalue weighted by atomic mass is 10.2. The minimum absolute atomic E-state index is 0.116. The van der Waals surface area contributed by atoms with E-state index < -0.39 is 27.4 Å². The van der Waals surface area contributed by atoms with Crippen LogP contribution in [0.25, 0.3) is 10.9 Å². The van der Waals surface area contributed by atoms with E-state index in [0.717, 1.165) is 5.39 Å². The summed E-state index contributed by atoms with van der Waals surface area (Å²) in [6.07, 6.45) is 1.22. The number of hydrazine groups is 1. The fraction of sp³-hybridized carbons (Fsp3) is 0.0455. The van der Waals surface area contributed by atoms with Crippen molar-refractivity contribution in [3.8, 4) is 0 Å². The van der Waals surface area contributed by atoms with Crippen LogP contribution in [0.4, 0.5) is 0 Å². The van der Waals surface area contributed by atoms with Crippen molar-refractivity contribution in [2.75, 3.05) is 0 Å². The molecule has 0 unspecified atom stereocenters. The molecule has 2 heterocycles. The van der Waals surface area contributed by atoms with E-state index in [1.165, 1.54) is 30.5 Å². The average molecular weight is 435 g/mol. The number of hydrogen-bond donors (Lipinski definition) is 2. The molecular weight excluding hydrogens is 418 g/mol. The lowest BCUT2D eigenvalue weighted by molar-refractivity contribution is 0.0828. The zero-order valence-corrected chi connectivity index (χ0v) is 16.9. The van der Waals surface area contributed by atoms with Crippen molar-refractivity contribution in [1.82, 2.24) is 15.8 Å². The summed E-state index contributed by atoms with van der Waals surface area (Å²) < 4.78 is 30.3. The van der Waals surface area contributed by atoms with Crippen LogP contribution in [0.15, 0.2) is 88.4 Å². The maximum Gasteiger partial charge on any atom is 0.305 e. The second-order valence-electron chi connectivity index (χ2n) is 6.64. The number of aromatic nitrogens is 1. The maximum atomic E-state index is 12.6. The first-order valence-electron chi connectivity index (χ1n) is 9.25. The third kappa shape index (κ3) is 4.46. The number of nitrogens with zero attached hydrogens (tertiary/aromatic N) is 1. The number of para-hydroxylation sites is 1. The van der Waals surface area contributed by atoms with Gasteiger partial charge >= 0.3 is 5.91 Å². The summed E-state index contributed by atoms with van der Waals surface area (Å²) in [4.78, 5) is 29.2. The normalized spacial score (nSPS) is 11.2. The zero-order valence-electron chi connectivity index (χ0n) is 16.1. The quantitative estimate of drug-likeness (QED) is 0.466. The van der Waals surface area contributed by atoms with Crippen LogP contribution in [0.1, 0.15) is 26.6 Å². The number of pyridine rings is 1. The lowest BCUT2D eigenvalue weighted by Crippen LogP contribution is -2.42. The highest BCUT2D eigenvalue weighted by atomic mass is 32.2. The van der Waals surface area contributed by atoms with E-state index in [1.54, 1.807) is 36.4 Å².